The number of non-ortho nitro benzene ring substituents is 1. The monoisotopic (exact) mass is 375 g/mol. The molecule has 0 bridgehead atoms. The van der Waals surface area contributed by atoms with E-state index in [0.29, 0.717) is 11.3 Å². The van der Waals surface area contributed by atoms with Crippen molar-refractivity contribution in [2.75, 3.05) is 13.2 Å². The highest BCUT2D eigenvalue weighted by Gasteiger charge is 2.06. The number of carbonyl (C=O) groups excluding carboxylic acids is 1. The molecule has 1 N–H and O–H groups in total. The SMILES string of the molecule is O=C(Cc1ccc([N+](=O)[O-])cc1)NCC#CCOc1ccc2cccnc2c1. The van der Waals surface area contributed by atoms with Crippen LogP contribution >= 0.6 is 0 Å². The predicted octanol–water partition coefficient (Wildman–Crippen LogP) is 2.88. The maximum absolute atomic E-state index is 11.9. The second kappa shape index (κ2) is 9.14. The fraction of sp³-hybridized carbons (Fsp3) is 0.143. The van der Waals surface area contributed by atoms with Crippen molar-refractivity contribution in [3.05, 3.63) is 76.5 Å². The lowest BCUT2D eigenvalue weighted by Crippen LogP contribution is -2.25. The molecule has 0 fully saturated rings. The molecule has 7 heteroatoms. The number of nitrogens with one attached hydrogen (secondary N) is 1. The molecular weight excluding hydrogens is 358 g/mol. The summed E-state index contributed by atoms with van der Waals surface area (Å²) in [4.78, 5) is 26.3. The molecule has 1 heterocycles. The molecule has 3 aromatic rings. The van der Waals surface area contributed by atoms with Crippen molar-refractivity contribution in [1.29, 1.82) is 0 Å². The minimum absolute atomic E-state index is 0.00257. The number of nitro groups is 1. The summed E-state index contributed by atoms with van der Waals surface area (Å²) in [6.07, 6.45) is 1.87. The van der Waals surface area contributed by atoms with E-state index in [1.54, 1.807) is 18.3 Å². The van der Waals surface area contributed by atoms with Crippen molar-refractivity contribution < 1.29 is 14.5 Å². The number of amides is 1. The Hall–Kier alpha value is -3.92. The number of rotatable bonds is 6. The summed E-state index contributed by atoms with van der Waals surface area (Å²) in [6, 6.07) is 15.4. The van der Waals surface area contributed by atoms with Gasteiger partial charge in [-0.15, -0.1) is 0 Å². The molecular formula is C21H17N3O4. The number of nitro benzene ring substituents is 1. The second-order valence-corrected chi connectivity index (χ2v) is 5.88. The normalized spacial score (nSPS) is 10.0. The quantitative estimate of drug-likeness (QED) is 0.406. The lowest BCUT2D eigenvalue weighted by atomic mass is 10.1. The maximum Gasteiger partial charge on any atom is 0.269 e. The third-order valence-electron chi connectivity index (χ3n) is 3.90. The van der Waals surface area contributed by atoms with E-state index < -0.39 is 4.92 Å². The van der Waals surface area contributed by atoms with Crippen molar-refractivity contribution in [2.45, 2.75) is 6.42 Å². The Kier molecular flexibility index (Phi) is 6.16. The van der Waals surface area contributed by atoms with Crippen LogP contribution in [0.5, 0.6) is 5.75 Å². The molecule has 0 atom stereocenters. The van der Waals surface area contributed by atoms with E-state index in [0.717, 1.165) is 10.9 Å². The van der Waals surface area contributed by atoms with Gasteiger partial charge in [-0.05, 0) is 23.8 Å². The average Bonchev–Trinajstić information content (AvgIpc) is 2.71. The number of pyridine rings is 1. The predicted molar refractivity (Wildman–Crippen MR) is 105 cm³/mol. The summed E-state index contributed by atoms with van der Waals surface area (Å²) >= 11 is 0. The zero-order valence-electron chi connectivity index (χ0n) is 14.9. The van der Waals surface area contributed by atoms with Gasteiger partial charge in [0.1, 0.15) is 12.4 Å². The molecule has 0 aliphatic heterocycles. The second-order valence-electron chi connectivity index (χ2n) is 5.88. The summed E-state index contributed by atoms with van der Waals surface area (Å²) in [5, 5.41) is 14.3. The van der Waals surface area contributed by atoms with Gasteiger partial charge in [-0.25, -0.2) is 0 Å². The van der Waals surface area contributed by atoms with Gasteiger partial charge in [0.25, 0.3) is 5.69 Å². The van der Waals surface area contributed by atoms with E-state index in [-0.39, 0.29) is 31.2 Å². The molecule has 28 heavy (non-hydrogen) atoms. The van der Waals surface area contributed by atoms with Crippen LogP contribution in [0, 0.1) is 22.0 Å². The topological polar surface area (TPSA) is 94.4 Å². The van der Waals surface area contributed by atoms with Crippen LogP contribution in [0.4, 0.5) is 5.69 Å². The van der Waals surface area contributed by atoms with Crippen molar-refractivity contribution in [1.82, 2.24) is 10.3 Å². The number of aromatic nitrogens is 1. The average molecular weight is 375 g/mol. The number of carbonyl (C=O) groups is 1. The number of ether oxygens (including phenoxy) is 1. The van der Waals surface area contributed by atoms with E-state index in [2.05, 4.69) is 22.1 Å². The van der Waals surface area contributed by atoms with Crippen molar-refractivity contribution in [3.8, 4) is 17.6 Å². The van der Waals surface area contributed by atoms with E-state index in [1.165, 1.54) is 12.1 Å². The lowest BCUT2D eigenvalue weighted by Gasteiger charge is -2.03. The van der Waals surface area contributed by atoms with Crippen LogP contribution in [0.2, 0.25) is 0 Å². The number of hydrogen-bond donors (Lipinski definition) is 1. The molecule has 0 unspecified atom stereocenters. The van der Waals surface area contributed by atoms with Crippen LogP contribution < -0.4 is 10.1 Å². The highest BCUT2D eigenvalue weighted by Crippen LogP contribution is 2.18. The first-order chi connectivity index (χ1) is 13.6. The molecule has 0 aliphatic carbocycles. The van der Waals surface area contributed by atoms with E-state index >= 15 is 0 Å². The number of fused-ring (bicyclic) bond motifs is 1. The first kappa shape index (κ1) is 18.9. The Bertz CT molecular complexity index is 1050. The van der Waals surface area contributed by atoms with Crippen LogP contribution in [-0.4, -0.2) is 29.0 Å². The minimum atomic E-state index is -0.476. The Morgan fingerprint density at radius 3 is 2.75 bits per heavy atom. The van der Waals surface area contributed by atoms with Gasteiger partial charge >= 0.3 is 0 Å². The zero-order valence-corrected chi connectivity index (χ0v) is 14.9. The third kappa shape index (κ3) is 5.29. The van der Waals surface area contributed by atoms with Gasteiger partial charge in [-0.3, -0.25) is 19.9 Å². The van der Waals surface area contributed by atoms with Crippen molar-refractivity contribution >= 4 is 22.5 Å². The van der Waals surface area contributed by atoms with E-state index in [4.69, 9.17) is 4.74 Å². The highest BCUT2D eigenvalue weighted by atomic mass is 16.6. The van der Waals surface area contributed by atoms with Crippen LogP contribution in [0.1, 0.15) is 5.56 Å². The zero-order chi connectivity index (χ0) is 19.8. The smallest absolute Gasteiger partial charge is 0.269 e. The number of benzene rings is 2. The molecule has 0 saturated carbocycles. The van der Waals surface area contributed by atoms with Gasteiger partial charge in [0.15, 0.2) is 0 Å². The van der Waals surface area contributed by atoms with Crippen molar-refractivity contribution in [3.63, 3.8) is 0 Å². The Morgan fingerprint density at radius 1 is 1.14 bits per heavy atom. The van der Waals surface area contributed by atoms with Gasteiger partial charge in [0, 0.05) is 29.8 Å². The first-order valence-corrected chi connectivity index (χ1v) is 8.55. The van der Waals surface area contributed by atoms with Crippen LogP contribution in [0.25, 0.3) is 10.9 Å². The van der Waals surface area contributed by atoms with Gasteiger partial charge in [-0.1, -0.05) is 30.0 Å². The molecule has 1 aromatic heterocycles. The molecule has 1 amide bonds. The van der Waals surface area contributed by atoms with E-state index in [1.807, 2.05) is 30.3 Å². The molecule has 0 spiro atoms. The Labute approximate surface area is 161 Å². The van der Waals surface area contributed by atoms with Gasteiger partial charge in [0.2, 0.25) is 5.91 Å². The largest absolute Gasteiger partial charge is 0.481 e. The van der Waals surface area contributed by atoms with Gasteiger partial charge in [-0.2, -0.15) is 0 Å². The van der Waals surface area contributed by atoms with Crippen LogP contribution in [0.15, 0.2) is 60.8 Å². The molecule has 3 rings (SSSR count). The molecule has 0 aliphatic rings. The summed E-state index contributed by atoms with van der Waals surface area (Å²) in [5.41, 5.74) is 1.55. The molecule has 0 radical (unpaired) electrons. The fourth-order valence-electron chi connectivity index (χ4n) is 2.50. The van der Waals surface area contributed by atoms with Crippen LogP contribution in [0.3, 0.4) is 0 Å². The maximum atomic E-state index is 11.9. The lowest BCUT2D eigenvalue weighted by molar-refractivity contribution is -0.384. The van der Waals surface area contributed by atoms with Crippen molar-refractivity contribution in [2.24, 2.45) is 0 Å². The third-order valence-corrected chi connectivity index (χ3v) is 3.90. The summed E-state index contributed by atoms with van der Waals surface area (Å²) in [5.74, 6) is 6.14. The fourth-order valence-corrected chi connectivity index (χ4v) is 2.50. The summed E-state index contributed by atoms with van der Waals surface area (Å²) < 4.78 is 5.57. The molecule has 7 nitrogen and oxygen atoms in total. The van der Waals surface area contributed by atoms with Gasteiger partial charge in [0.05, 0.1) is 23.4 Å². The number of nitrogens with zero attached hydrogens (tertiary/aromatic N) is 2. The van der Waals surface area contributed by atoms with Gasteiger partial charge < -0.3 is 10.1 Å². The summed E-state index contributed by atoms with van der Waals surface area (Å²) in [7, 11) is 0. The standard InChI is InChI=1S/C21H17N3O4/c25-21(14-16-5-8-18(9-6-16)24(26)27)23-11-1-2-13-28-19-10-7-17-4-3-12-22-20(17)15-19/h3-10,12,15H,11,13-14H2,(H,23,25). The van der Waals surface area contributed by atoms with E-state index in [9.17, 15) is 14.9 Å². The Morgan fingerprint density at radius 2 is 1.96 bits per heavy atom. The Balaban J connectivity index is 1.40. The minimum Gasteiger partial charge on any atom is -0.481 e. The highest BCUT2D eigenvalue weighted by molar-refractivity contribution is 5.80. The molecule has 140 valence electrons. The van der Waals surface area contributed by atoms with Crippen LogP contribution in [-0.2, 0) is 11.2 Å². The first-order valence-electron chi connectivity index (χ1n) is 8.55. The summed E-state index contributed by atoms with van der Waals surface area (Å²) in [6.45, 7) is 0.408. The number of hydrogen-bond acceptors (Lipinski definition) is 5. The molecule has 2 aromatic carbocycles. The molecule has 0 saturated heterocycles.